The highest BCUT2D eigenvalue weighted by atomic mass is 32.2. The molecule has 0 aliphatic carbocycles. The molecular formula is C15H22N2O2S. The fourth-order valence-corrected chi connectivity index (χ4v) is 4.94. The molecule has 2 aliphatic rings. The minimum Gasteiger partial charge on any atom is -0.257 e. The van der Waals surface area contributed by atoms with Crippen LogP contribution in [-0.4, -0.2) is 32.4 Å². The Morgan fingerprint density at radius 1 is 0.850 bits per heavy atom. The maximum Gasteiger partial charge on any atom is 0.304 e. The Morgan fingerprint density at radius 2 is 1.55 bits per heavy atom. The molecule has 2 aliphatic heterocycles. The van der Waals surface area contributed by atoms with Crippen LogP contribution in [0.1, 0.15) is 37.7 Å². The summed E-state index contributed by atoms with van der Waals surface area (Å²) in [6.07, 6.45) is 6.13. The summed E-state index contributed by atoms with van der Waals surface area (Å²) < 4.78 is 29.1. The molecule has 0 amide bonds. The van der Waals surface area contributed by atoms with Crippen molar-refractivity contribution >= 4 is 15.9 Å². The molecule has 2 heterocycles. The van der Waals surface area contributed by atoms with Crippen LogP contribution in [0, 0.1) is 0 Å². The molecule has 0 N–H and O–H groups in total. The van der Waals surface area contributed by atoms with Crippen LogP contribution in [0.15, 0.2) is 24.3 Å². The topological polar surface area (TPSA) is 40.6 Å². The molecule has 0 unspecified atom stereocenters. The Kier molecular flexibility index (Phi) is 3.98. The molecule has 1 aromatic rings. The van der Waals surface area contributed by atoms with Crippen LogP contribution < -0.4 is 4.31 Å². The van der Waals surface area contributed by atoms with Crippen molar-refractivity contribution in [3.8, 4) is 0 Å². The normalized spacial score (nSPS) is 21.3. The third-order valence-electron chi connectivity index (χ3n) is 4.24. The summed E-state index contributed by atoms with van der Waals surface area (Å²) in [7, 11) is -3.36. The van der Waals surface area contributed by atoms with Crippen molar-refractivity contribution in [2.24, 2.45) is 0 Å². The van der Waals surface area contributed by atoms with E-state index >= 15 is 0 Å². The van der Waals surface area contributed by atoms with Crippen LogP contribution in [-0.2, 0) is 16.6 Å². The van der Waals surface area contributed by atoms with E-state index in [0.717, 1.165) is 49.8 Å². The Labute approximate surface area is 121 Å². The lowest BCUT2D eigenvalue weighted by Gasteiger charge is -2.34. The zero-order valence-corrected chi connectivity index (χ0v) is 12.6. The van der Waals surface area contributed by atoms with Gasteiger partial charge in [-0.1, -0.05) is 31.0 Å². The zero-order valence-electron chi connectivity index (χ0n) is 11.8. The monoisotopic (exact) mass is 294 g/mol. The van der Waals surface area contributed by atoms with Gasteiger partial charge in [0.15, 0.2) is 0 Å². The van der Waals surface area contributed by atoms with E-state index in [2.05, 4.69) is 0 Å². The van der Waals surface area contributed by atoms with Gasteiger partial charge in [0.2, 0.25) is 0 Å². The molecule has 3 rings (SSSR count). The summed E-state index contributed by atoms with van der Waals surface area (Å²) >= 11 is 0. The van der Waals surface area contributed by atoms with Crippen molar-refractivity contribution in [2.75, 3.05) is 23.9 Å². The van der Waals surface area contributed by atoms with Gasteiger partial charge in [-0.05, 0) is 37.3 Å². The number of nitrogens with zero attached hydrogens (tertiary/aromatic N) is 2. The summed E-state index contributed by atoms with van der Waals surface area (Å²) in [6.45, 7) is 1.94. The average molecular weight is 294 g/mol. The summed E-state index contributed by atoms with van der Waals surface area (Å²) in [4.78, 5) is 0. The highest BCUT2D eigenvalue weighted by molar-refractivity contribution is 7.90. The van der Waals surface area contributed by atoms with E-state index in [9.17, 15) is 8.42 Å². The van der Waals surface area contributed by atoms with Crippen LogP contribution in [0.5, 0.6) is 0 Å². The number of aryl methyl sites for hydroxylation is 1. The number of fused-ring (bicyclic) bond motifs is 1. The van der Waals surface area contributed by atoms with Crippen molar-refractivity contribution in [3.63, 3.8) is 0 Å². The SMILES string of the molecule is O=S(=O)(N1CCCCCC1)N1CCCc2ccccc21. The highest BCUT2D eigenvalue weighted by Crippen LogP contribution is 2.30. The van der Waals surface area contributed by atoms with E-state index in [0.29, 0.717) is 19.6 Å². The quantitative estimate of drug-likeness (QED) is 0.841. The molecule has 0 spiro atoms. The van der Waals surface area contributed by atoms with Crippen LogP contribution in [0.4, 0.5) is 5.69 Å². The molecule has 1 fully saturated rings. The molecule has 1 saturated heterocycles. The van der Waals surface area contributed by atoms with E-state index < -0.39 is 10.2 Å². The second-order valence-corrected chi connectivity index (χ2v) is 7.48. The number of rotatable bonds is 2. The molecule has 0 saturated carbocycles. The maximum absolute atomic E-state index is 12.9. The molecule has 5 heteroatoms. The molecule has 0 aromatic heterocycles. The van der Waals surface area contributed by atoms with Crippen LogP contribution >= 0.6 is 0 Å². The molecule has 0 bridgehead atoms. The number of anilines is 1. The molecule has 4 nitrogen and oxygen atoms in total. The van der Waals surface area contributed by atoms with Gasteiger partial charge >= 0.3 is 10.2 Å². The van der Waals surface area contributed by atoms with Gasteiger partial charge in [0.1, 0.15) is 0 Å². The summed E-state index contributed by atoms with van der Waals surface area (Å²) in [5.74, 6) is 0. The van der Waals surface area contributed by atoms with Crippen molar-refractivity contribution in [2.45, 2.75) is 38.5 Å². The first-order valence-corrected chi connectivity index (χ1v) is 8.95. The third-order valence-corrected chi connectivity index (χ3v) is 6.19. The minimum absolute atomic E-state index is 0.607. The Balaban J connectivity index is 1.92. The van der Waals surface area contributed by atoms with Gasteiger partial charge in [0, 0.05) is 19.6 Å². The molecule has 20 heavy (non-hydrogen) atoms. The van der Waals surface area contributed by atoms with Crippen LogP contribution in [0.2, 0.25) is 0 Å². The Bertz CT molecular complexity index is 563. The van der Waals surface area contributed by atoms with E-state index in [4.69, 9.17) is 0 Å². The lowest BCUT2D eigenvalue weighted by molar-refractivity contribution is 0.420. The number of hydrogen-bond donors (Lipinski definition) is 0. The van der Waals surface area contributed by atoms with Gasteiger partial charge in [0.05, 0.1) is 5.69 Å². The summed E-state index contributed by atoms with van der Waals surface area (Å²) in [6, 6.07) is 7.89. The molecule has 0 radical (unpaired) electrons. The second-order valence-electron chi connectivity index (χ2n) is 5.63. The smallest absolute Gasteiger partial charge is 0.257 e. The predicted octanol–water partition coefficient (Wildman–Crippen LogP) is 2.56. The lowest BCUT2D eigenvalue weighted by Crippen LogP contribution is -2.46. The van der Waals surface area contributed by atoms with Crippen molar-refractivity contribution in [1.29, 1.82) is 0 Å². The molecule has 110 valence electrons. The van der Waals surface area contributed by atoms with Gasteiger partial charge in [-0.3, -0.25) is 4.31 Å². The summed E-state index contributed by atoms with van der Waals surface area (Å²) in [5, 5.41) is 0. The van der Waals surface area contributed by atoms with Gasteiger partial charge in [-0.15, -0.1) is 0 Å². The first-order valence-electron chi connectivity index (χ1n) is 7.55. The molecule has 0 atom stereocenters. The minimum atomic E-state index is -3.36. The predicted molar refractivity (Wildman–Crippen MR) is 81.1 cm³/mol. The van der Waals surface area contributed by atoms with E-state index in [-0.39, 0.29) is 0 Å². The van der Waals surface area contributed by atoms with Gasteiger partial charge < -0.3 is 0 Å². The number of benzene rings is 1. The lowest BCUT2D eigenvalue weighted by atomic mass is 10.0. The Morgan fingerprint density at radius 3 is 2.30 bits per heavy atom. The zero-order chi connectivity index (χ0) is 14.0. The fraction of sp³-hybridized carbons (Fsp3) is 0.600. The van der Waals surface area contributed by atoms with Crippen molar-refractivity contribution in [1.82, 2.24) is 4.31 Å². The first kappa shape index (κ1) is 13.9. The highest BCUT2D eigenvalue weighted by Gasteiger charge is 2.32. The van der Waals surface area contributed by atoms with Crippen molar-refractivity contribution in [3.05, 3.63) is 29.8 Å². The van der Waals surface area contributed by atoms with Gasteiger partial charge in [0.25, 0.3) is 0 Å². The standard InChI is InChI=1S/C15H22N2O2S/c18-20(19,16-11-5-1-2-6-12-16)17-13-7-9-14-8-3-4-10-15(14)17/h3-4,8,10H,1-2,5-7,9,11-13H2. The second kappa shape index (κ2) is 5.74. The fourth-order valence-electron chi connectivity index (χ4n) is 3.15. The molecule has 1 aromatic carbocycles. The van der Waals surface area contributed by atoms with E-state index in [1.807, 2.05) is 24.3 Å². The van der Waals surface area contributed by atoms with Crippen LogP contribution in [0.25, 0.3) is 0 Å². The maximum atomic E-state index is 12.9. The van der Waals surface area contributed by atoms with E-state index in [1.54, 1.807) is 8.61 Å². The number of hydrogen-bond acceptors (Lipinski definition) is 2. The largest absolute Gasteiger partial charge is 0.304 e. The van der Waals surface area contributed by atoms with Crippen LogP contribution in [0.3, 0.4) is 0 Å². The van der Waals surface area contributed by atoms with Gasteiger partial charge in [-0.2, -0.15) is 12.7 Å². The third kappa shape index (κ3) is 2.56. The first-order chi connectivity index (χ1) is 9.69. The number of para-hydroxylation sites is 1. The Hall–Kier alpha value is -1.07. The molecular weight excluding hydrogens is 272 g/mol. The van der Waals surface area contributed by atoms with E-state index in [1.165, 1.54) is 0 Å². The van der Waals surface area contributed by atoms with Gasteiger partial charge in [-0.25, -0.2) is 0 Å². The summed E-state index contributed by atoms with van der Waals surface area (Å²) in [5.41, 5.74) is 2.03. The van der Waals surface area contributed by atoms with Crippen molar-refractivity contribution < 1.29 is 8.42 Å². The average Bonchev–Trinajstić information content (AvgIpc) is 2.76.